The highest BCUT2D eigenvalue weighted by Crippen LogP contribution is 2.20. The molecule has 5 nitrogen and oxygen atoms in total. The van der Waals surface area contributed by atoms with Crippen molar-refractivity contribution in [3.63, 3.8) is 0 Å². The minimum Gasteiger partial charge on any atom is -0.480 e. The molecule has 110 valence electrons. The Bertz CT molecular complexity index is 614. The zero-order valence-electron chi connectivity index (χ0n) is 11.8. The van der Waals surface area contributed by atoms with Gasteiger partial charge in [-0.25, -0.2) is 8.42 Å². The van der Waals surface area contributed by atoms with Crippen molar-refractivity contribution in [3.8, 4) is 0 Å². The Hall–Kier alpha value is -1.66. The fraction of sp³-hybridized carbons (Fsp3) is 0.357. The summed E-state index contributed by atoms with van der Waals surface area (Å²) in [6.07, 6.45) is 0.0551. The molecule has 0 aliphatic heterocycles. The first-order chi connectivity index (χ1) is 9.15. The highest BCUT2D eigenvalue weighted by Gasteiger charge is 2.27. The van der Waals surface area contributed by atoms with Crippen molar-refractivity contribution >= 4 is 16.0 Å². The first-order valence-corrected chi connectivity index (χ1v) is 7.59. The van der Waals surface area contributed by atoms with Gasteiger partial charge in [0.05, 0.1) is 4.90 Å². The molecule has 0 saturated carbocycles. The van der Waals surface area contributed by atoms with Crippen molar-refractivity contribution in [3.05, 3.63) is 41.5 Å². The predicted octanol–water partition coefficient (Wildman–Crippen LogP) is 2.00. The molecule has 0 radical (unpaired) electrons. The molecule has 0 aromatic heterocycles. The fourth-order valence-corrected chi connectivity index (χ4v) is 3.66. The second-order valence-corrected chi connectivity index (χ2v) is 6.55. The SMILES string of the molecule is C=C(C)CC(NS(=O)(=O)c1c(C)cccc1C)C(=O)O. The van der Waals surface area contributed by atoms with Gasteiger partial charge in [-0.05, 0) is 38.3 Å². The van der Waals surface area contributed by atoms with Crippen molar-refractivity contribution in [2.24, 2.45) is 0 Å². The molecule has 0 heterocycles. The molecule has 0 aliphatic rings. The van der Waals surface area contributed by atoms with E-state index in [0.717, 1.165) is 0 Å². The molecule has 1 unspecified atom stereocenters. The molecule has 20 heavy (non-hydrogen) atoms. The number of aryl methyl sites for hydroxylation is 2. The maximum absolute atomic E-state index is 12.4. The van der Waals surface area contributed by atoms with Gasteiger partial charge >= 0.3 is 5.97 Å². The average Bonchev–Trinajstić information content (AvgIpc) is 2.26. The molecule has 2 N–H and O–H groups in total. The van der Waals surface area contributed by atoms with Crippen molar-refractivity contribution in [2.45, 2.75) is 38.1 Å². The molecule has 0 bridgehead atoms. The lowest BCUT2D eigenvalue weighted by molar-refractivity contribution is -0.138. The molecular weight excluding hydrogens is 278 g/mol. The number of hydrogen-bond donors (Lipinski definition) is 2. The Morgan fingerprint density at radius 2 is 1.85 bits per heavy atom. The van der Waals surface area contributed by atoms with E-state index >= 15 is 0 Å². The van der Waals surface area contributed by atoms with Crippen molar-refractivity contribution in [1.82, 2.24) is 4.72 Å². The summed E-state index contributed by atoms with van der Waals surface area (Å²) in [6, 6.07) is 3.90. The summed E-state index contributed by atoms with van der Waals surface area (Å²) in [7, 11) is -3.88. The van der Waals surface area contributed by atoms with Gasteiger partial charge in [-0.3, -0.25) is 4.79 Å². The van der Waals surface area contributed by atoms with Gasteiger partial charge in [-0.2, -0.15) is 4.72 Å². The van der Waals surface area contributed by atoms with E-state index in [4.69, 9.17) is 5.11 Å². The van der Waals surface area contributed by atoms with Crippen LogP contribution in [0.15, 0.2) is 35.2 Å². The Balaban J connectivity index is 3.17. The predicted molar refractivity (Wildman–Crippen MR) is 77.1 cm³/mol. The third-order valence-electron chi connectivity index (χ3n) is 2.83. The Kier molecular flexibility index (Phi) is 5.08. The molecule has 6 heteroatoms. The zero-order chi connectivity index (χ0) is 15.5. The summed E-state index contributed by atoms with van der Waals surface area (Å²) in [5, 5.41) is 9.10. The topological polar surface area (TPSA) is 83.5 Å². The number of carbonyl (C=O) groups is 1. The molecule has 0 aliphatic carbocycles. The number of nitrogens with one attached hydrogen (secondary N) is 1. The van der Waals surface area contributed by atoms with Gasteiger partial charge in [0.15, 0.2) is 0 Å². The summed E-state index contributed by atoms with van der Waals surface area (Å²) in [4.78, 5) is 11.3. The van der Waals surface area contributed by atoms with Crippen molar-refractivity contribution < 1.29 is 18.3 Å². The Labute approximate surface area is 119 Å². The molecule has 0 spiro atoms. The second-order valence-electron chi connectivity index (χ2n) is 4.89. The lowest BCUT2D eigenvalue weighted by atomic mass is 10.1. The number of hydrogen-bond acceptors (Lipinski definition) is 3. The van der Waals surface area contributed by atoms with Crippen LogP contribution >= 0.6 is 0 Å². The first kappa shape index (κ1) is 16.4. The molecular formula is C14H19NO4S. The lowest BCUT2D eigenvalue weighted by Crippen LogP contribution is -2.41. The zero-order valence-corrected chi connectivity index (χ0v) is 12.6. The van der Waals surface area contributed by atoms with E-state index in [0.29, 0.717) is 16.7 Å². The number of carboxylic acids is 1. The Morgan fingerprint density at radius 3 is 2.25 bits per heavy atom. The largest absolute Gasteiger partial charge is 0.480 e. The van der Waals surface area contributed by atoms with Gasteiger partial charge in [0.2, 0.25) is 10.0 Å². The van der Waals surface area contributed by atoms with E-state index < -0.39 is 22.0 Å². The first-order valence-electron chi connectivity index (χ1n) is 6.11. The van der Waals surface area contributed by atoms with E-state index in [-0.39, 0.29) is 11.3 Å². The maximum Gasteiger partial charge on any atom is 0.322 e. The number of carboxylic acid groups (broad SMARTS) is 1. The smallest absolute Gasteiger partial charge is 0.322 e. The van der Waals surface area contributed by atoms with E-state index in [1.54, 1.807) is 39.0 Å². The number of sulfonamides is 1. The summed E-state index contributed by atoms with van der Waals surface area (Å²) in [5.74, 6) is -1.22. The van der Waals surface area contributed by atoms with Crippen molar-refractivity contribution in [2.75, 3.05) is 0 Å². The van der Waals surface area contributed by atoms with E-state index in [1.807, 2.05) is 0 Å². The minimum absolute atomic E-state index is 0.0551. The maximum atomic E-state index is 12.4. The third kappa shape index (κ3) is 3.91. The quantitative estimate of drug-likeness (QED) is 0.787. The van der Waals surface area contributed by atoms with Crippen LogP contribution in [0.4, 0.5) is 0 Å². The summed E-state index contributed by atoms with van der Waals surface area (Å²) < 4.78 is 27.0. The lowest BCUT2D eigenvalue weighted by Gasteiger charge is -2.17. The molecule has 1 aromatic carbocycles. The van der Waals surface area contributed by atoms with E-state index in [1.165, 1.54) is 0 Å². The molecule has 0 fully saturated rings. The van der Waals surface area contributed by atoms with Crippen molar-refractivity contribution in [1.29, 1.82) is 0 Å². The third-order valence-corrected chi connectivity index (χ3v) is 4.60. The van der Waals surface area contributed by atoms with Gasteiger partial charge in [0.25, 0.3) is 0 Å². The van der Waals surface area contributed by atoms with Crippen LogP contribution in [0.2, 0.25) is 0 Å². The van der Waals surface area contributed by atoms with Gasteiger partial charge in [0.1, 0.15) is 6.04 Å². The summed E-state index contributed by atoms with van der Waals surface area (Å²) in [5.41, 5.74) is 1.76. The molecule has 1 aromatic rings. The molecule has 1 rings (SSSR count). The minimum atomic E-state index is -3.88. The number of aliphatic carboxylic acids is 1. The number of rotatable bonds is 6. The second kappa shape index (κ2) is 6.19. The monoisotopic (exact) mass is 297 g/mol. The number of benzene rings is 1. The average molecular weight is 297 g/mol. The van der Waals surface area contributed by atoms with Crippen LogP contribution in [0.1, 0.15) is 24.5 Å². The van der Waals surface area contributed by atoms with Crippen LogP contribution in [0.5, 0.6) is 0 Å². The van der Waals surface area contributed by atoms with E-state index in [2.05, 4.69) is 11.3 Å². The fourth-order valence-electron chi connectivity index (χ4n) is 2.00. The van der Waals surface area contributed by atoms with Gasteiger partial charge in [-0.1, -0.05) is 23.8 Å². The van der Waals surface area contributed by atoms with Crippen LogP contribution in [-0.2, 0) is 14.8 Å². The van der Waals surface area contributed by atoms with Crippen LogP contribution < -0.4 is 4.72 Å². The van der Waals surface area contributed by atoms with Crippen LogP contribution in [-0.4, -0.2) is 25.5 Å². The van der Waals surface area contributed by atoms with Gasteiger partial charge in [0, 0.05) is 0 Å². The highest BCUT2D eigenvalue weighted by atomic mass is 32.2. The van der Waals surface area contributed by atoms with Crippen LogP contribution in [0, 0.1) is 13.8 Å². The van der Waals surface area contributed by atoms with E-state index in [9.17, 15) is 13.2 Å². The highest BCUT2D eigenvalue weighted by molar-refractivity contribution is 7.89. The molecule has 0 amide bonds. The molecule has 1 atom stereocenters. The van der Waals surface area contributed by atoms with Crippen LogP contribution in [0.25, 0.3) is 0 Å². The summed E-state index contributed by atoms with van der Waals surface area (Å²) >= 11 is 0. The van der Waals surface area contributed by atoms with Gasteiger partial charge < -0.3 is 5.11 Å². The summed E-state index contributed by atoms with van der Waals surface area (Å²) in [6.45, 7) is 8.63. The Morgan fingerprint density at radius 1 is 1.35 bits per heavy atom. The van der Waals surface area contributed by atoms with Gasteiger partial charge in [-0.15, -0.1) is 6.58 Å². The normalized spacial score (nSPS) is 12.9. The van der Waals surface area contributed by atoms with Crippen LogP contribution in [0.3, 0.4) is 0 Å². The standard InChI is InChI=1S/C14H19NO4S/c1-9(2)8-12(14(16)17)15-20(18,19)13-10(3)6-5-7-11(13)4/h5-7,12,15H,1,8H2,2-4H3,(H,16,17). The molecule has 0 saturated heterocycles.